The van der Waals surface area contributed by atoms with Gasteiger partial charge < -0.3 is 20.5 Å². The van der Waals surface area contributed by atoms with Crippen molar-refractivity contribution < 1.29 is 36.6 Å². The standard InChI is InChI=1S/C21H21F4N3O4/c1-9-14(11-4-5-12(22)15(23)16(11)31-3)17(32-21(9,2)20(24)25)19(30)28-10-6-7-27-13(8-10)18(26)29/h4-9,14,17,20H,1-3H3,(H2,26,29)(H,27,28,30)/t9-,14+,17+,21-/m1/s1. The van der Waals surface area contributed by atoms with Crippen molar-refractivity contribution in [3.8, 4) is 5.75 Å². The van der Waals surface area contributed by atoms with E-state index in [0.29, 0.717) is 0 Å². The first kappa shape index (κ1) is 23.5. The number of hydrogen-bond donors (Lipinski definition) is 2. The van der Waals surface area contributed by atoms with E-state index in [-0.39, 0.29) is 16.9 Å². The number of carbonyl (C=O) groups excluding carboxylic acids is 2. The van der Waals surface area contributed by atoms with Crippen molar-refractivity contribution in [2.75, 3.05) is 12.4 Å². The fourth-order valence-electron chi connectivity index (χ4n) is 3.85. The molecular formula is C21H21F4N3O4. The second-order valence-electron chi connectivity index (χ2n) is 7.60. The molecule has 7 nitrogen and oxygen atoms in total. The van der Waals surface area contributed by atoms with E-state index in [1.807, 2.05) is 0 Å². The van der Waals surface area contributed by atoms with Crippen LogP contribution in [0.15, 0.2) is 30.5 Å². The van der Waals surface area contributed by atoms with Crippen molar-refractivity contribution in [3.63, 3.8) is 0 Å². The van der Waals surface area contributed by atoms with Gasteiger partial charge in [-0.25, -0.2) is 13.2 Å². The third-order valence-corrected chi connectivity index (χ3v) is 5.77. The average molecular weight is 455 g/mol. The van der Waals surface area contributed by atoms with Crippen LogP contribution in [0.3, 0.4) is 0 Å². The molecule has 0 saturated carbocycles. The van der Waals surface area contributed by atoms with Gasteiger partial charge in [-0.1, -0.05) is 13.0 Å². The zero-order chi connectivity index (χ0) is 23.8. The molecule has 172 valence electrons. The Hall–Kier alpha value is -3.21. The summed E-state index contributed by atoms with van der Waals surface area (Å²) in [7, 11) is 1.10. The maximum absolute atomic E-state index is 14.3. The minimum Gasteiger partial charge on any atom is -0.493 e. The highest BCUT2D eigenvalue weighted by Crippen LogP contribution is 2.51. The second-order valence-corrected chi connectivity index (χ2v) is 7.60. The highest BCUT2D eigenvalue weighted by atomic mass is 19.3. The van der Waals surface area contributed by atoms with Crippen molar-refractivity contribution in [1.29, 1.82) is 0 Å². The molecule has 2 aromatic rings. The molecule has 0 radical (unpaired) electrons. The Kier molecular flexibility index (Phi) is 6.40. The molecule has 32 heavy (non-hydrogen) atoms. The summed E-state index contributed by atoms with van der Waals surface area (Å²) in [5.74, 6) is -6.75. The van der Waals surface area contributed by atoms with Gasteiger partial charge in [0, 0.05) is 29.3 Å². The molecule has 1 fully saturated rings. The summed E-state index contributed by atoms with van der Waals surface area (Å²) in [6, 6.07) is 4.58. The number of carbonyl (C=O) groups is 2. The van der Waals surface area contributed by atoms with Crippen LogP contribution in [0.4, 0.5) is 23.2 Å². The molecule has 1 aromatic carbocycles. The van der Waals surface area contributed by atoms with Crippen LogP contribution >= 0.6 is 0 Å². The van der Waals surface area contributed by atoms with E-state index in [1.54, 1.807) is 0 Å². The van der Waals surface area contributed by atoms with Gasteiger partial charge in [0.15, 0.2) is 11.6 Å². The molecule has 1 aliphatic heterocycles. The maximum atomic E-state index is 14.3. The smallest absolute Gasteiger partial charge is 0.267 e. The van der Waals surface area contributed by atoms with Crippen molar-refractivity contribution in [2.24, 2.45) is 11.7 Å². The highest BCUT2D eigenvalue weighted by Gasteiger charge is 2.58. The number of ether oxygens (including phenoxy) is 2. The number of aromatic nitrogens is 1. The molecule has 0 bridgehead atoms. The van der Waals surface area contributed by atoms with E-state index in [2.05, 4.69) is 10.3 Å². The van der Waals surface area contributed by atoms with E-state index >= 15 is 0 Å². The van der Waals surface area contributed by atoms with Gasteiger partial charge >= 0.3 is 0 Å². The van der Waals surface area contributed by atoms with E-state index in [9.17, 15) is 27.2 Å². The number of halogens is 4. The van der Waals surface area contributed by atoms with Crippen LogP contribution < -0.4 is 15.8 Å². The van der Waals surface area contributed by atoms with Gasteiger partial charge in [0.2, 0.25) is 5.82 Å². The predicted octanol–water partition coefficient (Wildman–Crippen LogP) is 3.25. The van der Waals surface area contributed by atoms with Gasteiger partial charge in [-0.3, -0.25) is 14.6 Å². The summed E-state index contributed by atoms with van der Waals surface area (Å²) in [6.07, 6.45) is -3.25. The number of hydrogen-bond acceptors (Lipinski definition) is 5. The van der Waals surface area contributed by atoms with Gasteiger partial charge in [-0.15, -0.1) is 0 Å². The molecule has 4 atom stereocenters. The molecule has 2 amide bonds. The number of nitrogens with two attached hydrogens (primary N) is 1. The van der Waals surface area contributed by atoms with Crippen LogP contribution in [0.1, 0.15) is 35.8 Å². The van der Waals surface area contributed by atoms with Crippen LogP contribution in [0.25, 0.3) is 0 Å². The molecule has 11 heteroatoms. The van der Waals surface area contributed by atoms with Gasteiger partial charge in [-0.05, 0) is 25.1 Å². The third-order valence-electron chi connectivity index (χ3n) is 5.77. The van der Waals surface area contributed by atoms with Crippen LogP contribution in [0.2, 0.25) is 0 Å². The van der Waals surface area contributed by atoms with Gasteiger partial charge in [0.1, 0.15) is 17.4 Å². The minimum atomic E-state index is -2.98. The minimum absolute atomic E-state index is 0.0102. The number of alkyl halides is 2. The molecule has 1 saturated heterocycles. The molecule has 3 rings (SSSR count). The fourth-order valence-corrected chi connectivity index (χ4v) is 3.85. The molecule has 1 aromatic heterocycles. The monoisotopic (exact) mass is 455 g/mol. The summed E-state index contributed by atoms with van der Waals surface area (Å²) >= 11 is 0. The zero-order valence-electron chi connectivity index (χ0n) is 17.4. The number of methoxy groups -OCH3 is 1. The van der Waals surface area contributed by atoms with Crippen molar-refractivity contribution in [2.45, 2.75) is 37.9 Å². The number of pyridine rings is 1. The number of anilines is 1. The number of benzene rings is 1. The summed E-state index contributed by atoms with van der Waals surface area (Å²) in [5, 5.41) is 2.47. The van der Waals surface area contributed by atoms with Crippen LogP contribution in [-0.4, -0.2) is 42.0 Å². The van der Waals surface area contributed by atoms with E-state index in [1.165, 1.54) is 31.3 Å². The van der Waals surface area contributed by atoms with E-state index in [4.69, 9.17) is 15.2 Å². The lowest BCUT2D eigenvalue weighted by Crippen LogP contribution is -2.40. The lowest BCUT2D eigenvalue weighted by Gasteiger charge is -2.28. The molecule has 0 unspecified atom stereocenters. The van der Waals surface area contributed by atoms with Gasteiger partial charge in [0.05, 0.1) is 7.11 Å². The highest BCUT2D eigenvalue weighted by molar-refractivity contribution is 5.97. The normalized spacial score (nSPS) is 25.1. The quantitative estimate of drug-likeness (QED) is 0.651. The van der Waals surface area contributed by atoms with Crippen molar-refractivity contribution in [3.05, 3.63) is 53.4 Å². The SMILES string of the molecule is COc1c([C@H]2[C@@H](C(=O)Nc3ccnc(C(N)=O)c3)O[C@@](C)(C(F)F)[C@@H]2C)ccc(F)c1F. The molecular weight excluding hydrogens is 434 g/mol. The molecule has 1 aliphatic rings. The molecule has 3 N–H and O–H groups in total. The second kappa shape index (κ2) is 8.73. The summed E-state index contributed by atoms with van der Waals surface area (Å²) in [4.78, 5) is 28.1. The first-order valence-electron chi connectivity index (χ1n) is 9.55. The molecule has 0 spiro atoms. The molecule has 0 aliphatic carbocycles. The van der Waals surface area contributed by atoms with Crippen LogP contribution in [0.5, 0.6) is 5.75 Å². The number of nitrogens with zero attached hydrogens (tertiary/aromatic N) is 1. The van der Waals surface area contributed by atoms with Crippen molar-refractivity contribution in [1.82, 2.24) is 4.98 Å². The van der Waals surface area contributed by atoms with E-state index < -0.39 is 59.2 Å². The Labute approximate surface area is 180 Å². The summed E-state index contributed by atoms with van der Waals surface area (Å²) < 4.78 is 66.4. The van der Waals surface area contributed by atoms with Gasteiger partial charge in [0.25, 0.3) is 18.2 Å². The summed E-state index contributed by atoms with van der Waals surface area (Å²) in [5.41, 5.74) is 3.13. The maximum Gasteiger partial charge on any atom is 0.267 e. The van der Waals surface area contributed by atoms with E-state index in [0.717, 1.165) is 20.1 Å². The largest absolute Gasteiger partial charge is 0.493 e. The summed E-state index contributed by atoms with van der Waals surface area (Å²) in [6.45, 7) is 2.58. The number of nitrogens with one attached hydrogen (secondary N) is 1. The average Bonchev–Trinajstić information content (AvgIpc) is 3.02. The first-order valence-corrected chi connectivity index (χ1v) is 9.55. The topological polar surface area (TPSA) is 104 Å². The Morgan fingerprint density at radius 2 is 1.97 bits per heavy atom. The Morgan fingerprint density at radius 3 is 2.56 bits per heavy atom. The number of primary amides is 1. The lowest BCUT2D eigenvalue weighted by molar-refractivity contribution is -0.151. The van der Waals surface area contributed by atoms with Crippen LogP contribution in [-0.2, 0) is 9.53 Å². The Bertz CT molecular complexity index is 1050. The third kappa shape index (κ3) is 3.99. The molecule has 2 heterocycles. The fraction of sp³-hybridized carbons (Fsp3) is 0.381. The van der Waals surface area contributed by atoms with Crippen LogP contribution in [0, 0.1) is 17.6 Å². The Balaban J connectivity index is 2.04. The van der Waals surface area contributed by atoms with Gasteiger partial charge in [-0.2, -0.15) is 4.39 Å². The number of rotatable bonds is 6. The lowest BCUT2D eigenvalue weighted by atomic mass is 9.77. The number of amides is 2. The Morgan fingerprint density at radius 1 is 1.28 bits per heavy atom. The first-order chi connectivity index (χ1) is 15.0. The zero-order valence-corrected chi connectivity index (χ0v) is 17.4. The van der Waals surface area contributed by atoms with Crippen molar-refractivity contribution >= 4 is 17.5 Å². The predicted molar refractivity (Wildman–Crippen MR) is 105 cm³/mol.